The molecule has 0 aliphatic carbocycles. The Kier molecular flexibility index (Phi) is 3.87. The summed E-state index contributed by atoms with van der Waals surface area (Å²) in [7, 11) is 1.57. The maximum atomic E-state index is 13.1. The number of hydrogen-bond acceptors (Lipinski definition) is 6. The Labute approximate surface area is 148 Å². The number of carbonyl (C=O) groups is 2. The molecule has 2 amide bonds. The second-order valence-corrected chi connectivity index (χ2v) is 6.03. The molecule has 2 aromatic rings. The van der Waals surface area contributed by atoms with Crippen molar-refractivity contribution in [2.45, 2.75) is 18.6 Å². The van der Waals surface area contributed by atoms with Crippen LogP contribution in [-0.2, 0) is 16.1 Å². The van der Waals surface area contributed by atoms with E-state index in [0.29, 0.717) is 18.0 Å². The summed E-state index contributed by atoms with van der Waals surface area (Å²) in [4.78, 5) is 26.5. The molecule has 2 atom stereocenters. The van der Waals surface area contributed by atoms with Crippen molar-refractivity contribution < 1.29 is 18.7 Å². The zero-order chi connectivity index (χ0) is 18.3. The molecule has 1 fully saturated rings. The molecule has 2 aromatic carbocycles. The first kappa shape index (κ1) is 16.2. The Balaban J connectivity index is 1.58. The average molecular weight is 354 g/mol. The molecule has 8 heteroatoms. The largest absolute Gasteiger partial charge is 0.497 e. The number of methoxy groups -OCH3 is 1. The molecule has 132 valence electrons. The van der Waals surface area contributed by atoms with Crippen LogP contribution in [-0.4, -0.2) is 36.0 Å². The lowest BCUT2D eigenvalue weighted by Crippen LogP contribution is -2.39. The number of imide groups is 1. The number of halogens is 1. The standard InChI is InChI=1S/C18H15FN4O3/c1-26-14-4-2-3-11(9-14)10-22-16-15(20-21-22)17(24)23(18(16)25)13-7-5-12(19)6-8-13/h2-9,15-16H,10H2,1H3. The van der Waals surface area contributed by atoms with Gasteiger partial charge >= 0.3 is 0 Å². The third-order valence-corrected chi connectivity index (χ3v) is 4.42. The molecule has 26 heavy (non-hydrogen) atoms. The third kappa shape index (κ3) is 2.59. The summed E-state index contributed by atoms with van der Waals surface area (Å²) in [6, 6.07) is 10.9. The number of rotatable bonds is 4. The first-order valence-electron chi connectivity index (χ1n) is 8.02. The van der Waals surface area contributed by atoms with Gasteiger partial charge in [0.05, 0.1) is 19.3 Å². The normalized spacial score (nSPS) is 21.5. The van der Waals surface area contributed by atoms with E-state index in [1.807, 2.05) is 24.3 Å². The van der Waals surface area contributed by atoms with E-state index in [-0.39, 0.29) is 0 Å². The molecule has 2 unspecified atom stereocenters. The number of amides is 2. The first-order valence-corrected chi connectivity index (χ1v) is 8.02. The van der Waals surface area contributed by atoms with Crippen LogP contribution in [0.25, 0.3) is 0 Å². The maximum Gasteiger partial charge on any atom is 0.263 e. The molecule has 0 spiro atoms. The van der Waals surface area contributed by atoms with Crippen LogP contribution in [0.3, 0.4) is 0 Å². The Bertz CT molecular complexity index is 900. The lowest BCUT2D eigenvalue weighted by Gasteiger charge is -2.20. The lowest BCUT2D eigenvalue weighted by atomic mass is 10.1. The fourth-order valence-corrected chi connectivity index (χ4v) is 3.16. The highest BCUT2D eigenvalue weighted by Crippen LogP contribution is 2.33. The summed E-state index contributed by atoms with van der Waals surface area (Å²) < 4.78 is 18.3. The van der Waals surface area contributed by atoms with E-state index in [2.05, 4.69) is 10.3 Å². The SMILES string of the molecule is COc1cccc(CN2N=NC3C(=O)N(c4ccc(F)cc4)C(=O)C32)c1. The van der Waals surface area contributed by atoms with Gasteiger partial charge in [-0.25, -0.2) is 9.29 Å². The Morgan fingerprint density at radius 2 is 1.88 bits per heavy atom. The summed E-state index contributed by atoms with van der Waals surface area (Å²) in [5.74, 6) is -0.618. The molecule has 0 radical (unpaired) electrons. The van der Waals surface area contributed by atoms with Crippen LogP contribution >= 0.6 is 0 Å². The van der Waals surface area contributed by atoms with Crippen LogP contribution in [0.5, 0.6) is 5.75 Å². The van der Waals surface area contributed by atoms with Gasteiger partial charge in [0.15, 0.2) is 12.1 Å². The van der Waals surface area contributed by atoms with Crippen molar-refractivity contribution in [2.24, 2.45) is 10.3 Å². The summed E-state index contributed by atoms with van der Waals surface area (Å²) in [5, 5.41) is 9.48. The zero-order valence-electron chi connectivity index (χ0n) is 13.9. The highest BCUT2D eigenvalue weighted by atomic mass is 19.1. The van der Waals surface area contributed by atoms with E-state index >= 15 is 0 Å². The van der Waals surface area contributed by atoms with Gasteiger partial charge in [-0.05, 0) is 42.0 Å². The van der Waals surface area contributed by atoms with Crippen LogP contribution in [0, 0.1) is 5.82 Å². The van der Waals surface area contributed by atoms with Crippen LogP contribution in [0.4, 0.5) is 10.1 Å². The van der Waals surface area contributed by atoms with Crippen molar-refractivity contribution in [1.82, 2.24) is 5.01 Å². The number of ether oxygens (including phenoxy) is 1. The van der Waals surface area contributed by atoms with Crippen LogP contribution < -0.4 is 9.64 Å². The van der Waals surface area contributed by atoms with E-state index in [0.717, 1.165) is 10.5 Å². The molecule has 0 N–H and O–H groups in total. The highest BCUT2D eigenvalue weighted by Gasteiger charge is 2.54. The molecular formula is C18H15FN4O3. The summed E-state index contributed by atoms with van der Waals surface area (Å²) in [5.41, 5.74) is 1.21. The number of benzene rings is 2. The topological polar surface area (TPSA) is 74.6 Å². The van der Waals surface area contributed by atoms with Gasteiger partial charge in [0, 0.05) is 0 Å². The lowest BCUT2D eigenvalue weighted by molar-refractivity contribution is -0.123. The van der Waals surface area contributed by atoms with Gasteiger partial charge in [0.2, 0.25) is 0 Å². The van der Waals surface area contributed by atoms with Crippen LogP contribution in [0.1, 0.15) is 5.56 Å². The minimum atomic E-state index is -0.877. The van der Waals surface area contributed by atoms with Gasteiger partial charge < -0.3 is 4.74 Å². The number of carbonyl (C=O) groups excluding carboxylic acids is 2. The van der Waals surface area contributed by atoms with E-state index in [4.69, 9.17) is 4.74 Å². The summed E-state index contributed by atoms with van der Waals surface area (Å²) in [6.45, 7) is 0.318. The third-order valence-electron chi connectivity index (χ3n) is 4.42. The van der Waals surface area contributed by atoms with Gasteiger partial charge in [-0.3, -0.25) is 14.6 Å². The van der Waals surface area contributed by atoms with Gasteiger partial charge in [0.25, 0.3) is 11.8 Å². The quantitative estimate of drug-likeness (QED) is 0.790. The number of hydrogen-bond donors (Lipinski definition) is 0. The monoisotopic (exact) mass is 354 g/mol. The molecule has 2 heterocycles. The molecule has 0 saturated carbocycles. The molecular weight excluding hydrogens is 339 g/mol. The van der Waals surface area contributed by atoms with E-state index in [1.165, 1.54) is 29.3 Å². The summed E-state index contributed by atoms with van der Waals surface area (Å²) in [6.07, 6.45) is 0. The smallest absolute Gasteiger partial charge is 0.263 e. The van der Waals surface area contributed by atoms with Crippen molar-refractivity contribution in [1.29, 1.82) is 0 Å². The zero-order valence-corrected chi connectivity index (χ0v) is 13.9. The first-order chi connectivity index (χ1) is 12.6. The van der Waals surface area contributed by atoms with E-state index in [9.17, 15) is 14.0 Å². The maximum absolute atomic E-state index is 13.1. The van der Waals surface area contributed by atoms with Gasteiger partial charge in [-0.1, -0.05) is 17.4 Å². The van der Waals surface area contributed by atoms with Gasteiger partial charge in [-0.2, -0.15) is 5.11 Å². The van der Waals surface area contributed by atoms with Crippen molar-refractivity contribution in [2.75, 3.05) is 12.0 Å². The summed E-state index contributed by atoms with van der Waals surface area (Å²) >= 11 is 0. The second-order valence-electron chi connectivity index (χ2n) is 6.03. The minimum absolute atomic E-state index is 0.318. The molecule has 7 nitrogen and oxygen atoms in total. The Hall–Kier alpha value is -3.29. The van der Waals surface area contributed by atoms with E-state index < -0.39 is 29.7 Å². The second kappa shape index (κ2) is 6.21. The molecule has 0 aromatic heterocycles. The number of nitrogens with zero attached hydrogens (tertiary/aromatic N) is 4. The van der Waals surface area contributed by atoms with Gasteiger partial charge in [0.1, 0.15) is 11.6 Å². The number of anilines is 1. The fraction of sp³-hybridized carbons (Fsp3) is 0.222. The molecule has 1 saturated heterocycles. The predicted molar refractivity (Wildman–Crippen MR) is 89.9 cm³/mol. The number of fused-ring (bicyclic) bond motifs is 1. The molecule has 2 aliphatic rings. The molecule has 4 rings (SSSR count). The minimum Gasteiger partial charge on any atom is -0.497 e. The van der Waals surface area contributed by atoms with Crippen molar-refractivity contribution in [3.8, 4) is 5.75 Å². The van der Waals surface area contributed by atoms with Gasteiger partial charge in [-0.15, -0.1) is 0 Å². The van der Waals surface area contributed by atoms with Crippen LogP contribution in [0.15, 0.2) is 58.9 Å². The highest BCUT2D eigenvalue weighted by molar-refractivity contribution is 6.25. The molecule has 0 bridgehead atoms. The molecule has 2 aliphatic heterocycles. The Morgan fingerprint density at radius 1 is 1.12 bits per heavy atom. The fourth-order valence-electron chi connectivity index (χ4n) is 3.16. The van der Waals surface area contributed by atoms with Crippen LogP contribution in [0.2, 0.25) is 0 Å². The van der Waals surface area contributed by atoms with E-state index in [1.54, 1.807) is 7.11 Å². The predicted octanol–water partition coefficient (Wildman–Crippen LogP) is 2.33. The Morgan fingerprint density at radius 3 is 2.62 bits per heavy atom. The van der Waals surface area contributed by atoms with Crippen molar-refractivity contribution >= 4 is 17.5 Å². The van der Waals surface area contributed by atoms with Crippen molar-refractivity contribution in [3.05, 3.63) is 59.9 Å². The average Bonchev–Trinajstić information content (AvgIpc) is 3.17. The van der Waals surface area contributed by atoms with Crippen molar-refractivity contribution in [3.63, 3.8) is 0 Å².